The van der Waals surface area contributed by atoms with Crippen molar-refractivity contribution in [2.75, 3.05) is 59.5 Å². The molecular weight excluding hydrogens is 356 g/mol. The maximum Gasteiger partial charge on any atom is 0.333 e. The van der Waals surface area contributed by atoms with Crippen LogP contribution in [0.5, 0.6) is 0 Å². The highest BCUT2D eigenvalue weighted by molar-refractivity contribution is 5.79. The highest BCUT2D eigenvalue weighted by Gasteiger charge is 2.16. The number of aliphatic hydroxyl groups excluding tert-OH is 4. The first-order valence-corrected chi connectivity index (χ1v) is 8.05. The normalized spacial score (nSPS) is 10.8. The van der Waals surface area contributed by atoms with E-state index in [2.05, 4.69) is 11.7 Å². The first-order chi connectivity index (χ1) is 12.4. The van der Waals surface area contributed by atoms with Crippen LogP contribution in [0.1, 0.15) is 19.8 Å². The largest absolute Gasteiger partial charge is 0.481 e. The fourth-order valence-corrected chi connectivity index (χ4v) is 1.01. The summed E-state index contributed by atoms with van der Waals surface area (Å²) < 4.78 is 14.7. The molecule has 11 heteroatoms. The lowest BCUT2D eigenvalue weighted by atomic mass is 10.3. The second-order valence-electron chi connectivity index (χ2n) is 4.46. The van der Waals surface area contributed by atoms with Gasteiger partial charge in [0.15, 0.2) is 6.10 Å². The van der Waals surface area contributed by atoms with Gasteiger partial charge in [0.2, 0.25) is 0 Å². The molecule has 0 aliphatic carbocycles. The lowest BCUT2D eigenvalue weighted by Crippen LogP contribution is -2.22. The number of rotatable bonds is 14. The van der Waals surface area contributed by atoms with Gasteiger partial charge in [-0.15, -0.1) is 0 Å². The molecule has 0 amide bonds. The lowest BCUT2D eigenvalue weighted by Gasteiger charge is -2.02. The zero-order valence-electron chi connectivity index (χ0n) is 15.1. The minimum absolute atomic E-state index is 0.0278. The van der Waals surface area contributed by atoms with Gasteiger partial charge in [-0.2, -0.15) is 0 Å². The first kappa shape index (κ1) is 29.4. The van der Waals surface area contributed by atoms with Crippen LogP contribution in [-0.2, 0) is 23.8 Å². The van der Waals surface area contributed by atoms with E-state index in [1.54, 1.807) is 0 Å². The van der Waals surface area contributed by atoms with Crippen molar-refractivity contribution in [2.24, 2.45) is 0 Å². The smallest absolute Gasteiger partial charge is 0.333 e. The maximum atomic E-state index is 9.72. The van der Waals surface area contributed by atoms with Gasteiger partial charge in [0.1, 0.15) is 0 Å². The van der Waals surface area contributed by atoms with Crippen molar-refractivity contribution in [3.05, 3.63) is 0 Å². The predicted octanol–water partition coefficient (Wildman–Crippen LogP) is -1.68. The van der Waals surface area contributed by atoms with Gasteiger partial charge in [-0.3, -0.25) is 4.79 Å². The zero-order chi connectivity index (χ0) is 20.6. The molecule has 0 aliphatic heterocycles. The molecule has 11 nitrogen and oxygen atoms in total. The van der Waals surface area contributed by atoms with E-state index in [4.69, 9.17) is 40.1 Å². The van der Waals surface area contributed by atoms with Crippen LogP contribution in [0.4, 0.5) is 0 Å². The summed E-state index contributed by atoms with van der Waals surface area (Å²) in [4.78, 5) is 19.4. The van der Waals surface area contributed by atoms with E-state index in [1.807, 2.05) is 0 Å². The van der Waals surface area contributed by atoms with E-state index in [0.29, 0.717) is 33.0 Å². The number of hydrogen-bond acceptors (Lipinski definition) is 9. The van der Waals surface area contributed by atoms with Gasteiger partial charge in [0.25, 0.3) is 0 Å². The number of aliphatic hydroxyl groups is 4. The highest BCUT2D eigenvalue weighted by Crippen LogP contribution is 1.89. The van der Waals surface area contributed by atoms with Crippen LogP contribution < -0.4 is 0 Å². The molecule has 0 aromatic carbocycles. The minimum Gasteiger partial charge on any atom is -0.481 e. The Bertz CT molecular complexity index is 287. The SMILES string of the molecule is CCCOCCOCCO.O=C(O)CC(O)C(=O)O.OCCOCCO. The summed E-state index contributed by atoms with van der Waals surface area (Å²) in [5.41, 5.74) is 0. The number of hydrogen-bond donors (Lipinski definition) is 6. The standard InChI is InChI=1S/C7H16O3.C4H6O5.C4H10O3/c1-2-4-9-6-7-10-5-3-8;5-2(4(8)9)1-3(6)7;5-1-3-7-4-2-6/h8H,2-7H2,1H3;2,5H,1H2,(H,6,7)(H,8,9);5-6H,1-4H2. The van der Waals surface area contributed by atoms with Gasteiger partial charge >= 0.3 is 11.9 Å². The Hall–Kier alpha value is -1.34. The van der Waals surface area contributed by atoms with E-state index in [0.717, 1.165) is 13.0 Å². The molecule has 0 heterocycles. The summed E-state index contributed by atoms with van der Waals surface area (Å²) in [5.74, 6) is -2.85. The molecule has 0 bridgehead atoms. The van der Waals surface area contributed by atoms with Gasteiger partial charge in [-0.25, -0.2) is 4.79 Å². The molecule has 0 aromatic rings. The highest BCUT2D eigenvalue weighted by atomic mass is 16.5. The molecule has 0 aliphatic rings. The molecule has 0 fully saturated rings. The average Bonchev–Trinajstić information content (AvgIpc) is 2.59. The Balaban J connectivity index is -0.000000310. The van der Waals surface area contributed by atoms with Crippen LogP contribution >= 0.6 is 0 Å². The molecule has 0 saturated carbocycles. The fourth-order valence-electron chi connectivity index (χ4n) is 1.01. The number of aliphatic carboxylic acids is 2. The molecule has 0 saturated heterocycles. The van der Waals surface area contributed by atoms with Gasteiger partial charge in [-0.05, 0) is 6.42 Å². The summed E-state index contributed by atoms with van der Waals surface area (Å²) in [6.07, 6.45) is -1.50. The number of carboxylic acids is 2. The van der Waals surface area contributed by atoms with Crippen LogP contribution in [0.25, 0.3) is 0 Å². The lowest BCUT2D eigenvalue weighted by molar-refractivity contribution is -0.152. The Morgan fingerprint density at radius 3 is 1.42 bits per heavy atom. The molecule has 26 heavy (non-hydrogen) atoms. The summed E-state index contributed by atoms with van der Waals surface area (Å²) in [6.45, 7) is 5.27. The Morgan fingerprint density at radius 2 is 1.15 bits per heavy atom. The van der Waals surface area contributed by atoms with Gasteiger partial charge in [-0.1, -0.05) is 6.92 Å². The van der Waals surface area contributed by atoms with E-state index >= 15 is 0 Å². The molecule has 0 spiro atoms. The summed E-state index contributed by atoms with van der Waals surface area (Å²) >= 11 is 0. The molecule has 1 atom stereocenters. The van der Waals surface area contributed by atoms with Crippen molar-refractivity contribution in [3.8, 4) is 0 Å². The van der Waals surface area contributed by atoms with Crippen LogP contribution in [0.3, 0.4) is 0 Å². The molecule has 0 rings (SSSR count). The Morgan fingerprint density at radius 1 is 0.769 bits per heavy atom. The summed E-state index contributed by atoms with van der Waals surface area (Å²) in [5, 5.41) is 48.6. The van der Waals surface area contributed by atoms with Crippen LogP contribution in [0.15, 0.2) is 0 Å². The first-order valence-electron chi connectivity index (χ1n) is 8.05. The average molecular weight is 388 g/mol. The minimum atomic E-state index is -1.79. The monoisotopic (exact) mass is 388 g/mol. The molecule has 6 N–H and O–H groups in total. The fraction of sp³-hybridized carbons (Fsp3) is 0.867. The Labute approximate surface area is 152 Å². The number of carboxylic acid groups (broad SMARTS) is 2. The van der Waals surface area contributed by atoms with Crippen LogP contribution in [0.2, 0.25) is 0 Å². The second-order valence-corrected chi connectivity index (χ2v) is 4.46. The van der Waals surface area contributed by atoms with Crippen LogP contribution in [-0.4, -0.2) is 108 Å². The molecule has 0 aromatic heterocycles. The topological polar surface area (TPSA) is 183 Å². The van der Waals surface area contributed by atoms with E-state index in [9.17, 15) is 9.59 Å². The molecular formula is C15H32O11. The quantitative estimate of drug-likeness (QED) is 0.187. The van der Waals surface area contributed by atoms with E-state index in [1.165, 1.54) is 0 Å². The molecule has 158 valence electrons. The third-order valence-corrected chi connectivity index (χ3v) is 2.08. The third-order valence-electron chi connectivity index (χ3n) is 2.08. The zero-order valence-corrected chi connectivity index (χ0v) is 15.1. The van der Waals surface area contributed by atoms with E-state index in [-0.39, 0.29) is 19.8 Å². The number of carbonyl (C=O) groups is 2. The molecule has 1 unspecified atom stereocenters. The molecule has 0 radical (unpaired) electrons. The van der Waals surface area contributed by atoms with Gasteiger partial charge in [0, 0.05) is 6.61 Å². The van der Waals surface area contributed by atoms with Crippen molar-refractivity contribution >= 4 is 11.9 Å². The van der Waals surface area contributed by atoms with E-state index < -0.39 is 24.5 Å². The third kappa shape index (κ3) is 34.1. The summed E-state index contributed by atoms with van der Waals surface area (Å²) in [6, 6.07) is 0. The maximum absolute atomic E-state index is 9.72. The van der Waals surface area contributed by atoms with Crippen molar-refractivity contribution in [1.29, 1.82) is 0 Å². The predicted molar refractivity (Wildman–Crippen MR) is 89.9 cm³/mol. The van der Waals surface area contributed by atoms with Crippen molar-refractivity contribution in [1.82, 2.24) is 0 Å². The van der Waals surface area contributed by atoms with Crippen molar-refractivity contribution in [2.45, 2.75) is 25.9 Å². The summed E-state index contributed by atoms with van der Waals surface area (Å²) in [7, 11) is 0. The second kappa shape index (κ2) is 25.9. The Kier molecular flexibility index (Phi) is 29.3. The van der Waals surface area contributed by atoms with Gasteiger partial charge in [0.05, 0.1) is 59.3 Å². The van der Waals surface area contributed by atoms with Gasteiger partial charge < -0.3 is 44.8 Å². The number of ether oxygens (including phenoxy) is 3. The van der Waals surface area contributed by atoms with Crippen molar-refractivity contribution in [3.63, 3.8) is 0 Å². The van der Waals surface area contributed by atoms with Crippen LogP contribution in [0, 0.1) is 0 Å². The van der Waals surface area contributed by atoms with Crippen molar-refractivity contribution < 1.29 is 54.4 Å².